The lowest BCUT2D eigenvalue weighted by Gasteiger charge is -2.22. The third-order valence-electron chi connectivity index (χ3n) is 2.14. The Morgan fingerprint density at radius 2 is 2.33 bits per heavy atom. The van der Waals surface area contributed by atoms with Gasteiger partial charge in [-0.05, 0) is 33.5 Å². The first-order chi connectivity index (χ1) is 5.79. The van der Waals surface area contributed by atoms with E-state index < -0.39 is 0 Å². The highest BCUT2D eigenvalue weighted by Crippen LogP contribution is 2.17. The Morgan fingerprint density at radius 3 is 2.92 bits per heavy atom. The van der Waals surface area contributed by atoms with Crippen LogP contribution in [0.25, 0.3) is 0 Å². The zero-order valence-electron chi connectivity index (χ0n) is 8.18. The number of nitrogens with one attached hydrogen (secondary N) is 1. The minimum absolute atomic E-state index is 0.874. The highest BCUT2D eigenvalue weighted by atomic mass is 32.2. The minimum Gasteiger partial charge on any atom is -0.315 e. The van der Waals surface area contributed by atoms with E-state index in [4.69, 9.17) is 0 Å². The molecule has 0 amide bonds. The van der Waals surface area contributed by atoms with Crippen molar-refractivity contribution in [2.45, 2.75) is 18.1 Å². The van der Waals surface area contributed by atoms with E-state index >= 15 is 0 Å². The Bertz CT molecular complexity index is 111. The Labute approximate surface area is 80.1 Å². The van der Waals surface area contributed by atoms with Crippen LogP contribution in [0.3, 0.4) is 0 Å². The molecule has 2 nitrogen and oxygen atoms in total. The lowest BCUT2D eigenvalue weighted by Crippen LogP contribution is -2.33. The summed E-state index contributed by atoms with van der Waals surface area (Å²) in [5.41, 5.74) is 0. The smallest absolute Gasteiger partial charge is 0.0173 e. The maximum atomic E-state index is 3.44. The molecule has 1 atom stereocenters. The van der Waals surface area contributed by atoms with E-state index in [0.717, 1.165) is 5.25 Å². The van der Waals surface area contributed by atoms with Gasteiger partial charge in [-0.3, -0.25) is 0 Å². The molecular weight excluding hydrogens is 168 g/mol. The maximum absolute atomic E-state index is 3.44. The molecule has 1 fully saturated rings. The SMILES string of the molecule is CN(C)CCCC1CNCCS1. The van der Waals surface area contributed by atoms with Crippen LogP contribution >= 0.6 is 11.8 Å². The van der Waals surface area contributed by atoms with Gasteiger partial charge >= 0.3 is 0 Å². The van der Waals surface area contributed by atoms with Gasteiger partial charge in [-0.2, -0.15) is 11.8 Å². The van der Waals surface area contributed by atoms with E-state index in [1.165, 1.54) is 38.2 Å². The average molecular weight is 188 g/mol. The van der Waals surface area contributed by atoms with E-state index in [1.54, 1.807) is 0 Å². The van der Waals surface area contributed by atoms with Gasteiger partial charge in [0.1, 0.15) is 0 Å². The molecule has 1 N–H and O–H groups in total. The zero-order valence-corrected chi connectivity index (χ0v) is 8.99. The minimum atomic E-state index is 0.874. The van der Waals surface area contributed by atoms with Gasteiger partial charge in [0.05, 0.1) is 0 Å². The third-order valence-corrected chi connectivity index (χ3v) is 3.45. The molecular formula is C9H20N2S. The van der Waals surface area contributed by atoms with Crippen molar-refractivity contribution >= 4 is 11.8 Å². The molecule has 0 aromatic rings. The first-order valence-electron chi connectivity index (χ1n) is 4.76. The summed E-state index contributed by atoms with van der Waals surface area (Å²) in [6.07, 6.45) is 2.71. The molecule has 1 unspecified atom stereocenters. The van der Waals surface area contributed by atoms with Gasteiger partial charge in [0, 0.05) is 24.1 Å². The second-order valence-corrected chi connectivity index (χ2v) is 5.05. The number of nitrogens with zero attached hydrogens (tertiary/aromatic N) is 1. The molecule has 0 radical (unpaired) electrons. The molecule has 72 valence electrons. The standard InChI is InChI=1S/C9H20N2S/c1-11(2)6-3-4-9-8-10-5-7-12-9/h9-10H,3-8H2,1-2H3. The van der Waals surface area contributed by atoms with Gasteiger partial charge in [0.15, 0.2) is 0 Å². The highest BCUT2D eigenvalue weighted by molar-refractivity contribution is 8.00. The van der Waals surface area contributed by atoms with Crippen LogP contribution in [0, 0.1) is 0 Å². The van der Waals surface area contributed by atoms with Crippen LogP contribution in [0.4, 0.5) is 0 Å². The van der Waals surface area contributed by atoms with Crippen LogP contribution in [0.5, 0.6) is 0 Å². The normalized spacial score (nSPS) is 24.8. The molecule has 0 aromatic heterocycles. The summed E-state index contributed by atoms with van der Waals surface area (Å²) < 4.78 is 0. The second kappa shape index (κ2) is 5.84. The Hall–Kier alpha value is 0.270. The van der Waals surface area contributed by atoms with Crippen molar-refractivity contribution in [3.8, 4) is 0 Å². The zero-order chi connectivity index (χ0) is 8.81. The predicted molar refractivity (Wildman–Crippen MR) is 56.9 cm³/mol. The fraction of sp³-hybridized carbons (Fsp3) is 1.00. The van der Waals surface area contributed by atoms with Gasteiger partial charge in [0.25, 0.3) is 0 Å². The fourth-order valence-corrected chi connectivity index (χ4v) is 2.60. The third kappa shape index (κ3) is 4.33. The molecule has 1 rings (SSSR count). The van der Waals surface area contributed by atoms with Crippen molar-refractivity contribution in [1.82, 2.24) is 10.2 Å². The Morgan fingerprint density at radius 1 is 1.50 bits per heavy atom. The average Bonchev–Trinajstić information content (AvgIpc) is 2.05. The molecule has 1 heterocycles. The molecule has 0 bridgehead atoms. The van der Waals surface area contributed by atoms with Crippen LogP contribution in [0.2, 0.25) is 0 Å². The summed E-state index contributed by atoms with van der Waals surface area (Å²) in [5.74, 6) is 1.30. The first kappa shape index (κ1) is 10.4. The summed E-state index contributed by atoms with van der Waals surface area (Å²) in [7, 11) is 4.29. The lowest BCUT2D eigenvalue weighted by atomic mass is 10.2. The summed E-state index contributed by atoms with van der Waals surface area (Å²) in [6.45, 7) is 3.66. The van der Waals surface area contributed by atoms with Crippen molar-refractivity contribution in [3.05, 3.63) is 0 Å². The van der Waals surface area contributed by atoms with Gasteiger partial charge in [0.2, 0.25) is 0 Å². The molecule has 0 spiro atoms. The van der Waals surface area contributed by atoms with E-state index in [1.807, 2.05) is 0 Å². The monoisotopic (exact) mass is 188 g/mol. The molecule has 0 saturated carbocycles. The van der Waals surface area contributed by atoms with Crippen molar-refractivity contribution < 1.29 is 0 Å². The summed E-state index contributed by atoms with van der Waals surface area (Å²) in [4.78, 5) is 2.26. The van der Waals surface area contributed by atoms with E-state index in [2.05, 4.69) is 36.1 Å². The van der Waals surface area contributed by atoms with Crippen LogP contribution < -0.4 is 5.32 Å². The number of hydrogen-bond donors (Lipinski definition) is 1. The van der Waals surface area contributed by atoms with E-state index in [9.17, 15) is 0 Å². The van der Waals surface area contributed by atoms with Gasteiger partial charge in [-0.15, -0.1) is 0 Å². The van der Waals surface area contributed by atoms with Crippen molar-refractivity contribution in [3.63, 3.8) is 0 Å². The van der Waals surface area contributed by atoms with Gasteiger partial charge in [-0.1, -0.05) is 0 Å². The fourth-order valence-electron chi connectivity index (χ4n) is 1.44. The molecule has 12 heavy (non-hydrogen) atoms. The molecule has 3 heteroatoms. The number of rotatable bonds is 4. The quantitative estimate of drug-likeness (QED) is 0.709. The maximum Gasteiger partial charge on any atom is 0.0173 e. The van der Waals surface area contributed by atoms with Crippen LogP contribution in [0.1, 0.15) is 12.8 Å². The van der Waals surface area contributed by atoms with Crippen molar-refractivity contribution in [1.29, 1.82) is 0 Å². The van der Waals surface area contributed by atoms with Crippen LogP contribution in [-0.4, -0.2) is 49.6 Å². The summed E-state index contributed by atoms with van der Waals surface area (Å²) in [5, 5.41) is 4.31. The van der Waals surface area contributed by atoms with Gasteiger partial charge in [-0.25, -0.2) is 0 Å². The van der Waals surface area contributed by atoms with Gasteiger partial charge < -0.3 is 10.2 Å². The molecule has 1 saturated heterocycles. The second-order valence-electron chi connectivity index (χ2n) is 3.64. The first-order valence-corrected chi connectivity index (χ1v) is 5.81. The number of thioether (sulfide) groups is 1. The molecule has 0 aromatic carbocycles. The van der Waals surface area contributed by atoms with Crippen molar-refractivity contribution in [2.75, 3.05) is 39.5 Å². The Kier molecular flexibility index (Phi) is 5.04. The summed E-state index contributed by atoms with van der Waals surface area (Å²) in [6, 6.07) is 0. The van der Waals surface area contributed by atoms with E-state index in [0.29, 0.717) is 0 Å². The lowest BCUT2D eigenvalue weighted by molar-refractivity contribution is 0.391. The van der Waals surface area contributed by atoms with Crippen molar-refractivity contribution in [2.24, 2.45) is 0 Å². The Balaban J connectivity index is 1.98. The highest BCUT2D eigenvalue weighted by Gasteiger charge is 2.12. The molecule has 0 aliphatic carbocycles. The number of hydrogen-bond acceptors (Lipinski definition) is 3. The van der Waals surface area contributed by atoms with Crippen LogP contribution in [0.15, 0.2) is 0 Å². The predicted octanol–water partition coefficient (Wildman–Crippen LogP) is 1.03. The molecule has 1 aliphatic heterocycles. The summed E-state index contributed by atoms with van der Waals surface area (Å²) >= 11 is 2.13. The largest absolute Gasteiger partial charge is 0.315 e. The molecule has 1 aliphatic rings. The van der Waals surface area contributed by atoms with Crippen LogP contribution in [-0.2, 0) is 0 Å². The topological polar surface area (TPSA) is 15.3 Å². The van der Waals surface area contributed by atoms with E-state index in [-0.39, 0.29) is 0 Å².